The summed E-state index contributed by atoms with van der Waals surface area (Å²) in [5, 5.41) is 12.6. The highest BCUT2D eigenvalue weighted by Crippen LogP contribution is 2.04. The van der Waals surface area contributed by atoms with Crippen molar-refractivity contribution in [1.82, 2.24) is 10.2 Å². The third-order valence-electron chi connectivity index (χ3n) is 2.83. The number of hydrogen-bond acceptors (Lipinski definition) is 4. The Morgan fingerprint density at radius 2 is 2.22 bits per heavy atom. The molecule has 1 unspecified atom stereocenters. The van der Waals surface area contributed by atoms with Crippen LogP contribution in [0.25, 0.3) is 0 Å². The molecule has 1 aromatic rings. The Balaban J connectivity index is 1.83. The van der Waals surface area contributed by atoms with Gasteiger partial charge in [-0.1, -0.05) is 30.3 Å². The quantitative estimate of drug-likeness (QED) is 0.806. The van der Waals surface area contributed by atoms with Crippen LogP contribution in [0.2, 0.25) is 0 Å². The molecule has 0 spiro atoms. The van der Waals surface area contributed by atoms with Crippen LogP contribution in [0.5, 0.6) is 0 Å². The van der Waals surface area contributed by atoms with E-state index in [1.165, 1.54) is 4.90 Å². The molecule has 1 aromatic carbocycles. The van der Waals surface area contributed by atoms with Gasteiger partial charge in [0.1, 0.15) is 6.61 Å². The number of nitrogens with one attached hydrogen (secondary N) is 1. The maximum Gasteiger partial charge on any atom is 0.410 e. The van der Waals surface area contributed by atoms with E-state index in [1.807, 2.05) is 30.3 Å². The average Bonchev–Trinajstić information content (AvgIpc) is 2.62. The van der Waals surface area contributed by atoms with Crippen molar-refractivity contribution in [3.63, 3.8) is 0 Å². The molecule has 0 saturated carbocycles. The molecule has 1 heterocycles. The molecule has 0 aliphatic carbocycles. The predicted octanol–water partition coefficient (Wildman–Crippen LogP) is 0.589. The van der Waals surface area contributed by atoms with Crippen molar-refractivity contribution >= 4 is 6.09 Å². The average molecular weight is 250 g/mol. The third-order valence-corrected chi connectivity index (χ3v) is 2.83. The van der Waals surface area contributed by atoms with Gasteiger partial charge in [0.25, 0.3) is 0 Å². The lowest BCUT2D eigenvalue weighted by Gasteiger charge is -2.21. The molecule has 1 fully saturated rings. The summed E-state index contributed by atoms with van der Waals surface area (Å²) in [6, 6.07) is 9.55. The van der Waals surface area contributed by atoms with Crippen molar-refractivity contribution in [3.05, 3.63) is 35.9 Å². The molecule has 1 amide bonds. The summed E-state index contributed by atoms with van der Waals surface area (Å²) in [4.78, 5) is 13.4. The van der Waals surface area contributed by atoms with Crippen LogP contribution in [0.1, 0.15) is 5.56 Å². The van der Waals surface area contributed by atoms with Crippen LogP contribution in [0.4, 0.5) is 4.79 Å². The van der Waals surface area contributed by atoms with Crippen molar-refractivity contribution in [2.75, 3.05) is 26.2 Å². The first-order chi connectivity index (χ1) is 8.75. The summed E-state index contributed by atoms with van der Waals surface area (Å²) in [5.41, 5.74) is 0.958. The van der Waals surface area contributed by atoms with E-state index in [0.717, 1.165) is 5.56 Å². The zero-order valence-corrected chi connectivity index (χ0v) is 10.2. The SMILES string of the molecule is O=C(OCc1ccccc1)N1CCNCC(O)C1. The highest BCUT2D eigenvalue weighted by molar-refractivity contribution is 5.67. The molecule has 2 N–H and O–H groups in total. The van der Waals surface area contributed by atoms with Gasteiger partial charge in [-0.2, -0.15) is 0 Å². The lowest BCUT2D eigenvalue weighted by molar-refractivity contribution is 0.0778. The highest BCUT2D eigenvalue weighted by Gasteiger charge is 2.21. The Hall–Kier alpha value is -1.59. The molecule has 98 valence electrons. The maximum absolute atomic E-state index is 11.8. The van der Waals surface area contributed by atoms with E-state index >= 15 is 0 Å². The second kappa shape index (κ2) is 6.37. The Morgan fingerprint density at radius 1 is 1.44 bits per heavy atom. The van der Waals surface area contributed by atoms with E-state index in [2.05, 4.69) is 5.32 Å². The first kappa shape index (κ1) is 12.9. The fraction of sp³-hybridized carbons (Fsp3) is 0.462. The third kappa shape index (κ3) is 3.72. The molecule has 1 aliphatic rings. The van der Waals surface area contributed by atoms with Gasteiger partial charge in [0.05, 0.1) is 12.6 Å². The first-order valence-corrected chi connectivity index (χ1v) is 6.10. The van der Waals surface area contributed by atoms with Crippen molar-refractivity contribution in [2.24, 2.45) is 0 Å². The van der Waals surface area contributed by atoms with E-state index < -0.39 is 6.10 Å². The van der Waals surface area contributed by atoms with Crippen molar-refractivity contribution < 1.29 is 14.6 Å². The molecule has 2 rings (SSSR count). The van der Waals surface area contributed by atoms with Gasteiger partial charge >= 0.3 is 6.09 Å². The number of rotatable bonds is 2. The molecule has 0 bridgehead atoms. The summed E-state index contributed by atoms with van der Waals surface area (Å²) < 4.78 is 5.22. The molecule has 1 atom stereocenters. The van der Waals surface area contributed by atoms with Crippen LogP contribution < -0.4 is 5.32 Å². The van der Waals surface area contributed by atoms with Crippen LogP contribution >= 0.6 is 0 Å². The number of aliphatic hydroxyl groups excluding tert-OH is 1. The normalized spacial score (nSPS) is 20.3. The highest BCUT2D eigenvalue weighted by atomic mass is 16.6. The van der Waals surface area contributed by atoms with Gasteiger partial charge in [-0.3, -0.25) is 0 Å². The Kier molecular flexibility index (Phi) is 4.55. The molecule has 1 aliphatic heterocycles. The monoisotopic (exact) mass is 250 g/mol. The van der Waals surface area contributed by atoms with Gasteiger partial charge in [-0.25, -0.2) is 4.79 Å². The lowest BCUT2D eigenvalue weighted by atomic mass is 10.2. The summed E-state index contributed by atoms with van der Waals surface area (Å²) in [6.45, 7) is 2.34. The number of amides is 1. The van der Waals surface area contributed by atoms with Crippen LogP contribution in [0, 0.1) is 0 Å². The molecule has 5 heteroatoms. The van der Waals surface area contributed by atoms with E-state index in [-0.39, 0.29) is 12.7 Å². The van der Waals surface area contributed by atoms with Crippen LogP contribution in [-0.4, -0.2) is 48.4 Å². The van der Waals surface area contributed by atoms with Crippen molar-refractivity contribution in [2.45, 2.75) is 12.7 Å². The minimum absolute atomic E-state index is 0.264. The lowest BCUT2D eigenvalue weighted by Crippen LogP contribution is -2.38. The van der Waals surface area contributed by atoms with Crippen molar-refractivity contribution in [3.8, 4) is 0 Å². The van der Waals surface area contributed by atoms with Gasteiger partial charge in [-0.05, 0) is 5.56 Å². The maximum atomic E-state index is 11.8. The molecular weight excluding hydrogens is 232 g/mol. The standard InChI is InChI=1S/C13H18N2O3/c16-12-8-14-6-7-15(9-12)13(17)18-10-11-4-2-1-3-5-11/h1-5,12,14,16H,6-10H2. The van der Waals surface area contributed by atoms with Crippen molar-refractivity contribution in [1.29, 1.82) is 0 Å². The van der Waals surface area contributed by atoms with Gasteiger partial charge in [0.2, 0.25) is 0 Å². The fourth-order valence-electron chi connectivity index (χ4n) is 1.87. The molecular formula is C13H18N2O3. The summed E-state index contributed by atoms with van der Waals surface area (Å²) >= 11 is 0. The summed E-state index contributed by atoms with van der Waals surface area (Å²) in [6.07, 6.45) is -0.904. The van der Waals surface area contributed by atoms with E-state index in [9.17, 15) is 9.90 Å². The molecule has 18 heavy (non-hydrogen) atoms. The zero-order chi connectivity index (χ0) is 12.8. The Bertz CT molecular complexity index is 383. The smallest absolute Gasteiger partial charge is 0.410 e. The van der Waals surface area contributed by atoms with Crippen LogP contribution in [0.15, 0.2) is 30.3 Å². The van der Waals surface area contributed by atoms with E-state index in [0.29, 0.717) is 26.2 Å². The number of carbonyl (C=O) groups is 1. The molecule has 1 saturated heterocycles. The van der Waals surface area contributed by atoms with Crippen LogP contribution in [-0.2, 0) is 11.3 Å². The Morgan fingerprint density at radius 3 is 3.00 bits per heavy atom. The minimum Gasteiger partial charge on any atom is -0.445 e. The number of β-amino-alcohol motifs (C(OH)–C–C–N with tert-alkyl or cyclic N) is 1. The Labute approximate surface area is 106 Å². The summed E-state index contributed by atoms with van der Waals surface area (Å²) in [7, 11) is 0. The minimum atomic E-state index is -0.531. The van der Waals surface area contributed by atoms with E-state index in [4.69, 9.17) is 4.74 Å². The van der Waals surface area contributed by atoms with E-state index in [1.54, 1.807) is 0 Å². The summed E-state index contributed by atoms with van der Waals surface area (Å²) in [5.74, 6) is 0. The number of aliphatic hydroxyl groups is 1. The predicted molar refractivity (Wildman–Crippen MR) is 67.1 cm³/mol. The van der Waals surface area contributed by atoms with Gasteiger partial charge in [0.15, 0.2) is 0 Å². The number of carbonyl (C=O) groups excluding carboxylic acids is 1. The second-order valence-electron chi connectivity index (χ2n) is 4.34. The molecule has 0 radical (unpaired) electrons. The number of nitrogens with zero attached hydrogens (tertiary/aromatic N) is 1. The molecule has 0 aromatic heterocycles. The van der Waals surface area contributed by atoms with Gasteiger partial charge in [-0.15, -0.1) is 0 Å². The fourth-order valence-corrected chi connectivity index (χ4v) is 1.87. The number of ether oxygens (including phenoxy) is 1. The first-order valence-electron chi connectivity index (χ1n) is 6.10. The van der Waals surface area contributed by atoms with Crippen LogP contribution in [0.3, 0.4) is 0 Å². The molecule has 5 nitrogen and oxygen atoms in total. The van der Waals surface area contributed by atoms with Gasteiger partial charge in [0, 0.05) is 19.6 Å². The zero-order valence-electron chi connectivity index (χ0n) is 10.2. The topological polar surface area (TPSA) is 61.8 Å². The second-order valence-corrected chi connectivity index (χ2v) is 4.34. The largest absolute Gasteiger partial charge is 0.445 e. The number of hydrogen-bond donors (Lipinski definition) is 2. The number of benzene rings is 1. The van der Waals surface area contributed by atoms with Gasteiger partial charge < -0.3 is 20.1 Å².